The first-order valence-electron chi connectivity index (χ1n) is 5.65. The quantitative estimate of drug-likeness (QED) is 0.516. The highest BCUT2D eigenvalue weighted by atomic mass is 35.7. The van der Waals surface area contributed by atoms with Crippen molar-refractivity contribution in [3.8, 4) is 0 Å². The molecule has 0 nitrogen and oxygen atoms in total. The van der Waals surface area contributed by atoms with Gasteiger partial charge < -0.3 is 0 Å². The van der Waals surface area contributed by atoms with Crippen molar-refractivity contribution in [2.75, 3.05) is 6.16 Å². The van der Waals surface area contributed by atoms with Crippen molar-refractivity contribution in [1.29, 1.82) is 0 Å². The third kappa shape index (κ3) is 4.53. The molecular formula is C13H20ClP. The second kappa shape index (κ2) is 6.51. The molecule has 0 bridgehead atoms. The first kappa shape index (κ1) is 13.0. The molecule has 0 fully saturated rings. The maximum Gasteiger partial charge on any atom is 0.0212 e. The van der Waals surface area contributed by atoms with Crippen LogP contribution in [0.15, 0.2) is 18.2 Å². The zero-order valence-electron chi connectivity index (χ0n) is 9.89. The number of aryl methyl sites for hydroxylation is 2. The summed E-state index contributed by atoms with van der Waals surface area (Å²) >= 11 is 6.45. The van der Waals surface area contributed by atoms with E-state index in [0.29, 0.717) is 0 Å². The van der Waals surface area contributed by atoms with Gasteiger partial charge in [-0.25, -0.2) is 0 Å². The van der Waals surface area contributed by atoms with E-state index < -0.39 is 7.27 Å². The van der Waals surface area contributed by atoms with Crippen LogP contribution in [0.25, 0.3) is 0 Å². The van der Waals surface area contributed by atoms with Crippen LogP contribution in [0.3, 0.4) is 0 Å². The number of unbranched alkanes of at least 4 members (excludes halogenated alkanes) is 2. The lowest BCUT2D eigenvalue weighted by molar-refractivity contribution is 0.777. The second-order valence-electron chi connectivity index (χ2n) is 4.14. The first-order chi connectivity index (χ1) is 7.13. The summed E-state index contributed by atoms with van der Waals surface area (Å²) in [4.78, 5) is 0. The van der Waals surface area contributed by atoms with Gasteiger partial charge in [-0.2, -0.15) is 0 Å². The Bertz CT molecular complexity index is 289. The van der Waals surface area contributed by atoms with Gasteiger partial charge in [0, 0.05) is 7.27 Å². The van der Waals surface area contributed by atoms with Crippen LogP contribution in [0.1, 0.15) is 37.3 Å². The van der Waals surface area contributed by atoms with Crippen molar-refractivity contribution in [3.05, 3.63) is 29.3 Å². The van der Waals surface area contributed by atoms with Gasteiger partial charge in [-0.15, -0.1) is 0 Å². The molecule has 1 rings (SSSR count). The van der Waals surface area contributed by atoms with E-state index in [1.165, 1.54) is 35.7 Å². The standard InChI is InChI=1S/C13H20ClP/c1-4-5-6-7-15(14)13-9-11(2)8-12(3)10-13/h8-10H,4-7H2,1-3H3. The van der Waals surface area contributed by atoms with Gasteiger partial charge in [0.1, 0.15) is 0 Å². The van der Waals surface area contributed by atoms with Crippen molar-refractivity contribution >= 4 is 23.8 Å². The van der Waals surface area contributed by atoms with E-state index in [9.17, 15) is 0 Å². The summed E-state index contributed by atoms with van der Waals surface area (Å²) < 4.78 is 0. The van der Waals surface area contributed by atoms with Crippen molar-refractivity contribution in [2.24, 2.45) is 0 Å². The fraction of sp³-hybridized carbons (Fsp3) is 0.538. The minimum atomic E-state index is -0.447. The highest BCUT2D eigenvalue weighted by Crippen LogP contribution is 2.41. The van der Waals surface area contributed by atoms with Gasteiger partial charge in [-0.1, -0.05) is 60.3 Å². The van der Waals surface area contributed by atoms with Gasteiger partial charge in [-0.3, -0.25) is 0 Å². The maximum absolute atomic E-state index is 6.45. The van der Waals surface area contributed by atoms with E-state index in [1.807, 2.05) is 0 Å². The molecule has 1 aromatic rings. The normalized spacial score (nSPS) is 12.8. The van der Waals surface area contributed by atoms with Crippen LogP contribution in [0.5, 0.6) is 0 Å². The summed E-state index contributed by atoms with van der Waals surface area (Å²) in [6.45, 7) is 6.51. The lowest BCUT2D eigenvalue weighted by Crippen LogP contribution is -2.01. The molecule has 15 heavy (non-hydrogen) atoms. The molecule has 0 spiro atoms. The van der Waals surface area contributed by atoms with E-state index in [4.69, 9.17) is 11.2 Å². The molecule has 1 unspecified atom stereocenters. The van der Waals surface area contributed by atoms with Gasteiger partial charge in [0.05, 0.1) is 0 Å². The van der Waals surface area contributed by atoms with E-state index in [-0.39, 0.29) is 0 Å². The van der Waals surface area contributed by atoms with Crippen LogP contribution in [0.4, 0.5) is 0 Å². The summed E-state index contributed by atoms with van der Waals surface area (Å²) in [5.41, 5.74) is 2.65. The summed E-state index contributed by atoms with van der Waals surface area (Å²) in [6.07, 6.45) is 5.00. The molecule has 0 heterocycles. The third-order valence-corrected chi connectivity index (χ3v) is 5.06. The largest absolute Gasteiger partial charge is 0.0912 e. The molecule has 2 heteroatoms. The Hall–Kier alpha value is -0.0600. The fourth-order valence-electron chi connectivity index (χ4n) is 1.72. The van der Waals surface area contributed by atoms with Gasteiger partial charge in [0.15, 0.2) is 0 Å². The topological polar surface area (TPSA) is 0 Å². The monoisotopic (exact) mass is 242 g/mol. The van der Waals surface area contributed by atoms with Crippen LogP contribution < -0.4 is 5.30 Å². The number of halogens is 1. The average Bonchev–Trinajstić information content (AvgIpc) is 2.16. The minimum absolute atomic E-state index is 0.447. The lowest BCUT2D eigenvalue weighted by atomic mass is 10.2. The molecule has 1 atom stereocenters. The van der Waals surface area contributed by atoms with E-state index in [0.717, 1.165) is 6.16 Å². The SMILES string of the molecule is CCCCCP(Cl)c1cc(C)cc(C)c1. The van der Waals surface area contributed by atoms with Crippen molar-refractivity contribution in [2.45, 2.75) is 40.0 Å². The smallest absolute Gasteiger partial charge is 0.0212 e. The number of benzene rings is 1. The van der Waals surface area contributed by atoms with Gasteiger partial charge >= 0.3 is 0 Å². The van der Waals surface area contributed by atoms with E-state index in [1.54, 1.807) is 0 Å². The number of rotatable bonds is 5. The molecule has 0 saturated heterocycles. The molecule has 84 valence electrons. The Balaban J connectivity index is 2.60. The number of hydrogen-bond acceptors (Lipinski definition) is 0. The van der Waals surface area contributed by atoms with Crippen LogP contribution in [-0.2, 0) is 0 Å². The molecule has 0 radical (unpaired) electrons. The molecule has 0 saturated carbocycles. The van der Waals surface area contributed by atoms with Crippen LogP contribution in [0.2, 0.25) is 0 Å². The van der Waals surface area contributed by atoms with Crippen molar-refractivity contribution in [1.82, 2.24) is 0 Å². The van der Waals surface area contributed by atoms with Crippen molar-refractivity contribution < 1.29 is 0 Å². The Kier molecular flexibility index (Phi) is 5.64. The van der Waals surface area contributed by atoms with E-state index in [2.05, 4.69) is 39.0 Å². The predicted molar refractivity (Wildman–Crippen MR) is 72.7 cm³/mol. The Morgan fingerprint density at radius 1 is 1.07 bits per heavy atom. The molecule has 1 aromatic carbocycles. The molecule has 0 aromatic heterocycles. The molecular weight excluding hydrogens is 223 g/mol. The van der Waals surface area contributed by atoms with Gasteiger partial charge in [0.2, 0.25) is 0 Å². The Morgan fingerprint density at radius 2 is 1.67 bits per heavy atom. The molecule has 0 amide bonds. The summed E-state index contributed by atoms with van der Waals surface area (Å²) in [6, 6.07) is 6.67. The zero-order chi connectivity index (χ0) is 11.3. The maximum atomic E-state index is 6.45. The van der Waals surface area contributed by atoms with Gasteiger partial charge in [0.25, 0.3) is 0 Å². The Labute approximate surface area is 99.6 Å². The summed E-state index contributed by atoms with van der Waals surface area (Å²) in [5.74, 6) is 0. The summed E-state index contributed by atoms with van der Waals surface area (Å²) in [5, 5.41) is 1.35. The third-order valence-electron chi connectivity index (χ3n) is 2.44. The Morgan fingerprint density at radius 3 is 2.20 bits per heavy atom. The average molecular weight is 243 g/mol. The van der Waals surface area contributed by atoms with E-state index >= 15 is 0 Å². The zero-order valence-corrected chi connectivity index (χ0v) is 11.5. The molecule has 0 aliphatic carbocycles. The predicted octanol–water partition coefficient (Wildman–Crippen LogP) is 4.75. The second-order valence-corrected chi connectivity index (χ2v) is 7.05. The molecule has 0 aliphatic rings. The molecule has 0 aliphatic heterocycles. The first-order valence-corrected chi connectivity index (χ1v) is 8.08. The summed E-state index contributed by atoms with van der Waals surface area (Å²) in [7, 11) is -0.447. The van der Waals surface area contributed by atoms with Gasteiger partial charge in [-0.05, 0) is 31.7 Å². The van der Waals surface area contributed by atoms with Crippen LogP contribution >= 0.6 is 18.5 Å². The highest BCUT2D eigenvalue weighted by Gasteiger charge is 2.07. The molecule has 0 N–H and O–H groups in total. The highest BCUT2D eigenvalue weighted by molar-refractivity contribution is 7.89. The fourth-order valence-corrected chi connectivity index (χ4v) is 3.82. The lowest BCUT2D eigenvalue weighted by Gasteiger charge is -2.11. The van der Waals surface area contributed by atoms with Crippen LogP contribution in [-0.4, -0.2) is 6.16 Å². The minimum Gasteiger partial charge on any atom is -0.0912 e. The van der Waals surface area contributed by atoms with Crippen LogP contribution in [0, 0.1) is 13.8 Å². The van der Waals surface area contributed by atoms with Crippen molar-refractivity contribution in [3.63, 3.8) is 0 Å². The number of hydrogen-bond donors (Lipinski definition) is 0.